The summed E-state index contributed by atoms with van der Waals surface area (Å²) in [6, 6.07) is 0. The van der Waals surface area contributed by atoms with Crippen LogP contribution in [0.25, 0.3) is 0 Å². The fourth-order valence-electron chi connectivity index (χ4n) is 1.21. The summed E-state index contributed by atoms with van der Waals surface area (Å²) in [6.45, 7) is 5.81. The van der Waals surface area contributed by atoms with E-state index in [1.165, 1.54) is 4.88 Å². The summed E-state index contributed by atoms with van der Waals surface area (Å²) in [4.78, 5) is 9.84. The molecule has 1 aromatic heterocycles. The van der Waals surface area contributed by atoms with E-state index in [0.29, 0.717) is 5.96 Å². The minimum absolute atomic E-state index is 0. The number of rotatable bonds is 6. The molecule has 1 heterocycles. The van der Waals surface area contributed by atoms with Gasteiger partial charge in [-0.25, -0.2) is 4.98 Å². The lowest BCUT2D eigenvalue weighted by Gasteiger charge is -2.03. The van der Waals surface area contributed by atoms with Crippen molar-refractivity contribution < 1.29 is 0 Å². The maximum atomic E-state index is 5.68. The zero-order valence-corrected chi connectivity index (χ0v) is 13.5. The van der Waals surface area contributed by atoms with E-state index in [-0.39, 0.29) is 24.0 Å². The Hall–Kier alpha value is -0.370. The lowest BCUT2D eigenvalue weighted by Crippen LogP contribution is -2.33. The molecule has 0 aliphatic rings. The zero-order valence-electron chi connectivity index (χ0n) is 10.4. The number of aryl methyl sites for hydroxylation is 1. The van der Waals surface area contributed by atoms with Gasteiger partial charge in [-0.1, -0.05) is 13.8 Å². The molecule has 4 nitrogen and oxygen atoms in total. The molecule has 17 heavy (non-hydrogen) atoms. The van der Waals surface area contributed by atoms with Crippen LogP contribution in [0, 0.1) is 0 Å². The van der Waals surface area contributed by atoms with Crippen molar-refractivity contribution in [1.29, 1.82) is 0 Å². The van der Waals surface area contributed by atoms with Crippen molar-refractivity contribution in [3.63, 3.8) is 0 Å². The molecule has 6 heteroatoms. The van der Waals surface area contributed by atoms with Crippen LogP contribution in [-0.2, 0) is 12.8 Å². The van der Waals surface area contributed by atoms with E-state index in [4.69, 9.17) is 5.73 Å². The first-order valence-corrected chi connectivity index (χ1v) is 6.55. The molecule has 1 rings (SSSR count). The summed E-state index contributed by atoms with van der Waals surface area (Å²) < 4.78 is 0. The summed E-state index contributed by atoms with van der Waals surface area (Å²) in [5.74, 6) is 0.536. The molecule has 0 atom stereocenters. The lowest BCUT2D eigenvalue weighted by atomic mass is 10.4. The number of aromatic nitrogens is 1. The zero-order chi connectivity index (χ0) is 11.8. The van der Waals surface area contributed by atoms with Crippen LogP contribution in [0.5, 0.6) is 0 Å². The maximum Gasteiger partial charge on any atom is 0.188 e. The van der Waals surface area contributed by atoms with E-state index in [1.807, 2.05) is 6.20 Å². The molecule has 0 spiro atoms. The van der Waals surface area contributed by atoms with Gasteiger partial charge in [0.1, 0.15) is 0 Å². The fourth-order valence-corrected chi connectivity index (χ4v) is 2.07. The standard InChI is InChI=1S/C11H20N4S.HI/c1-3-6-13-11(12)14-7-5-10-15-8-9(4-2)16-10;/h8H,3-7H2,1-2H3,(H3,12,13,14);1H. The third kappa shape index (κ3) is 6.82. The van der Waals surface area contributed by atoms with Gasteiger partial charge in [0.15, 0.2) is 5.96 Å². The number of nitrogens with zero attached hydrogens (tertiary/aromatic N) is 2. The summed E-state index contributed by atoms with van der Waals surface area (Å²) in [5, 5.41) is 4.25. The quantitative estimate of drug-likeness (QED) is 0.460. The molecule has 3 N–H and O–H groups in total. The molecule has 1 aromatic rings. The average Bonchev–Trinajstić information content (AvgIpc) is 2.74. The predicted molar refractivity (Wildman–Crippen MR) is 85.4 cm³/mol. The molecule has 0 bridgehead atoms. The molecule has 0 aliphatic heterocycles. The van der Waals surface area contributed by atoms with Crippen LogP contribution < -0.4 is 11.1 Å². The lowest BCUT2D eigenvalue weighted by molar-refractivity contribution is 0.834. The average molecular weight is 368 g/mol. The molecule has 0 saturated heterocycles. The van der Waals surface area contributed by atoms with Crippen LogP contribution in [0.15, 0.2) is 11.2 Å². The summed E-state index contributed by atoms with van der Waals surface area (Å²) >= 11 is 1.77. The predicted octanol–water partition coefficient (Wildman–Crippen LogP) is 2.18. The van der Waals surface area contributed by atoms with Gasteiger partial charge >= 0.3 is 0 Å². The molecule has 0 aliphatic carbocycles. The second-order valence-electron chi connectivity index (χ2n) is 3.52. The summed E-state index contributed by atoms with van der Waals surface area (Å²) in [6.07, 6.45) is 4.95. The van der Waals surface area contributed by atoms with Crippen molar-refractivity contribution in [2.24, 2.45) is 10.7 Å². The minimum atomic E-state index is 0. The third-order valence-corrected chi connectivity index (χ3v) is 3.30. The van der Waals surface area contributed by atoms with Crippen LogP contribution in [0.2, 0.25) is 0 Å². The number of hydrogen-bond acceptors (Lipinski definition) is 3. The van der Waals surface area contributed by atoms with Gasteiger partial charge in [-0.3, -0.25) is 4.99 Å². The van der Waals surface area contributed by atoms with Gasteiger partial charge in [0, 0.05) is 30.6 Å². The third-order valence-electron chi connectivity index (χ3n) is 2.10. The highest BCUT2D eigenvalue weighted by Gasteiger charge is 2.00. The van der Waals surface area contributed by atoms with Gasteiger partial charge < -0.3 is 11.1 Å². The first kappa shape index (κ1) is 16.6. The smallest absolute Gasteiger partial charge is 0.188 e. The number of aliphatic imine (C=N–C) groups is 1. The monoisotopic (exact) mass is 368 g/mol. The molecular formula is C11H21IN4S. The van der Waals surface area contributed by atoms with Crippen LogP contribution in [0.3, 0.4) is 0 Å². The van der Waals surface area contributed by atoms with E-state index >= 15 is 0 Å². The summed E-state index contributed by atoms with van der Waals surface area (Å²) in [5.41, 5.74) is 5.68. The van der Waals surface area contributed by atoms with Crippen LogP contribution in [0.1, 0.15) is 30.2 Å². The fraction of sp³-hybridized carbons (Fsp3) is 0.636. The van der Waals surface area contributed by atoms with Gasteiger partial charge in [0.2, 0.25) is 0 Å². The van der Waals surface area contributed by atoms with Gasteiger partial charge in [0.05, 0.1) is 5.01 Å². The Morgan fingerprint density at radius 2 is 2.29 bits per heavy atom. The van der Waals surface area contributed by atoms with E-state index in [0.717, 1.165) is 37.4 Å². The van der Waals surface area contributed by atoms with Crippen molar-refractivity contribution in [2.75, 3.05) is 13.1 Å². The van der Waals surface area contributed by atoms with Crippen molar-refractivity contribution in [1.82, 2.24) is 10.3 Å². The minimum Gasteiger partial charge on any atom is -0.370 e. The number of nitrogens with one attached hydrogen (secondary N) is 1. The SMILES string of the molecule is CCCN=C(N)NCCc1ncc(CC)s1.I. The first-order chi connectivity index (χ1) is 7.76. The highest BCUT2D eigenvalue weighted by molar-refractivity contribution is 14.0. The summed E-state index contributed by atoms with van der Waals surface area (Å²) in [7, 11) is 0. The van der Waals surface area contributed by atoms with Gasteiger partial charge in [-0.05, 0) is 12.8 Å². The Balaban J connectivity index is 0.00000256. The van der Waals surface area contributed by atoms with E-state index in [1.54, 1.807) is 11.3 Å². The number of nitrogens with two attached hydrogens (primary N) is 1. The molecular weight excluding hydrogens is 347 g/mol. The Labute approximate surface area is 124 Å². The number of guanidine groups is 1. The van der Waals surface area contributed by atoms with Gasteiger partial charge in [0.25, 0.3) is 0 Å². The van der Waals surface area contributed by atoms with Crippen LogP contribution in [0.4, 0.5) is 0 Å². The molecule has 0 amide bonds. The second kappa shape index (κ2) is 9.64. The first-order valence-electron chi connectivity index (χ1n) is 5.73. The van der Waals surface area contributed by atoms with Crippen LogP contribution in [-0.4, -0.2) is 24.0 Å². The molecule has 0 radical (unpaired) electrons. The van der Waals surface area contributed by atoms with Gasteiger partial charge in [-0.15, -0.1) is 35.3 Å². The highest BCUT2D eigenvalue weighted by Crippen LogP contribution is 2.13. The molecule has 0 aromatic carbocycles. The van der Waals surface area contributed by atoms with Crippen molar-refractivity contribution >= 4 is 41.3 Å². The van der Waals surface area contributed by atoms with Crippen LogP contribution >= 0.6 is 35.3 Å². The van der Waals surface area contributed by atoms with E-state index in [2.05, 4.69) is 29.1 Å². The number of thiazole rings is 1. The Morgan fingerprint density at radius 3 is 2.88 bits per heavy atom. The molecule has 0 unspecified atom stereocenters. The number of halogens is 1. The molecule has 98 valence electrons. The molecule has 0 saturated carbocycles. The van der Waals surface area contributed by atoms with E-state index in [9.17, 15) is 0 Å². The highest BCUT2D eigenvalue weighted by atomic mass is 127. The topological polar surface area (TPSA) is 63.3 Å². The Kier molecular flexibility index (Phi) is 9.43. The largest absolute Gasteiger partial charge is 0.370 e. The number of hydrogen-bond donors (Lipinski definition) is 2. The second-order valence-corrected chi connectivity index (χ2v) is 4.72. The Bertz CT molecular complexity index is 338. The Morgan fingerprint density at radius 1 is 1.53 bits per heavy atom. The van der Waals surface area contributed by atoms with E-state index < -0.39 is 0 Å². The molecule has 0 fully saturated rings. The van der Waals surface area contributed by atoms with Crippen molar-refractivity contribution in [3.8, 4) is 0 Å². The van der Waals surface area contributed by atoms with Crippen molar-refractivity contribution in [2.45, 2.75) is 33.1 Å². The van der Waals surface area contributed by atoms with Crippen molar-refractivity contribution in [3.05, 3.63) is 16.1 Å². The normalized spacial score (nSPS) is 11.1. The maximum absolute atomic E-state index is 5.68. The van der Waals surface area contributed by atoms with Gasteiger partial charge in [-0.2, -0.15) is 0 Å².